The zero-order valence-electron chi connectivity index (χ0n) is 49.3. The van der Waals surface area contributed by atoms with Crippen molar-refractivity contribution in [3.05, 3.63) is 11.6 Å². The number of hydrogen-bond acceptors (Lipinski definition) is 25. The number of allylic oxidation sites excluding steroid dienone is 2. The van der Waals surface area contributed by atoms with Gasteiger partial charge in [0.2, 0.25) is 12.2 Å². The van der Waals surface area contributed by atoms with Crippen molar-refractivity contribution in [3.8, 4) is 0 Å². The lowest BCUT2D eigenvalue weighted by molar-refractivity contribution is -0.355. The van der Waals surface area contributed by atoms with Gasteiger partial charge in [-0.05, 0) is 103 Å². The van der Waals surface area contributed by atoms with Crippen LogP contribution in [0.15, 0.2) is 11.6 Å². The Morgan fingerprint density at radius 1 is 0.667 bits per heavy atom. The van der Waals surface area contributed by atoms with Gasteiger partial charge in [0, 0.05) is 6.92 Å². The standard InChI is InChI=1S/C58H93NO25/c1-25(61)59-36-40(68)39(67)30(21-77-47-43(71)44(83-48-41(69)37(65)28(62)19-75-48)31(22-78-47)81-50-45(72)57(74,23-60)24-79-50)80-46(36)82-35-12-13-54(6)32(53(35,4)5)11-14-55(7)33(54)10-9-26-27-17-52(2,3)15-16-58(27,34(64)18-56(26,55)8)51(73)84-49-42(70)38(66)29(63)20-76-49/h9,27-50,60,62-72,74H,10-24H2,1-8H3,(H,59,61)/t27-,28?,29?,30+,31?,32?,33?,34?,35-,36+,37?,38?,39+,40+,41?,42?,43?,44?,45-,46-,47?,48?,49?,50+,54-,55+,56+,57+,58+/m0/s1. The van der Waals surface area contributed by atoms with Crippen molar-refractivity contribution < 1.29 is 123 Å². The highest BCUT2D eigenvalue weighted by Crippen LogP contribution is 2.76. The third-order valence-electron chi connectivity index (χ3n) is 22.5. The molecule has 5 aliphatic heterocycles. The molecule has 10 aliphatic rings. The minimum Gasteiger partial charge on any atom is -0.432 e. The average Bonchev–Trinajstić information content (AvgIpc) is 0.810. The van der Waals surface area contributed by atoms with Crippen LogP contribution in [0.25, 0.3) is 0 Å². The third kappa shape index (κ3) is 10.8. The van der Waals surface area contributed by atoms with Crippen molar-refractivity contribution in [2.75, 3.05) is 39.6 Å². The number of aliphatic hydroxyl groups excluding tert-OH is 12. The molecular weight excluding hydrogens is 1110 g/mol. The number of hydrogen-bond donors (Lipinski definition) is 14. The third-order valence-corrected chi connectivity index (χ3v) is 22.5. The van der Waals surface area contributed by atoms with E-state index < -0.39 is 202 Å². The fraction of sp³-hybridized carbons (Fsp3) is 0.931. The lowest BCUT2D eigenvalue weighted by Crippen LogP contribution is -2.69. The Labute approximate surface area is 488 Å². The zero-order valence-corrected chi connectivity index (χ0v) is 49.3. The number of carbonyl (C=O) groups excluding carboxylic acids is 2. The highest BCUT2D eigenvalue weighted by atomic mass is 16.8. The summed E-state index contributed by atoms with van der Waals surface area (Å²) >= 11 is 0. The minimum atomic E-state index is -2.08. The molecule has 0 aromatic carbocycles. The van der Waals surface area contributed by atoms with E-state index in [0.29, 0.717) is 38.5 Å². The number of nitrogens with one attached hydrogen (secondary N) is 1. The molecular formula is C58H93NO25. The maximum absolute atomic E-state index is 14.7. The molecule has 0 spiro atoms. The molecule has 5 heterocycles. The van der Waals surface area contributed by atoms with Crippen LogP contribution in [-0.2, 0) is 57.0 Å². The van der Waals surface area contributed by atoms with Gasteiger partial charge in [0.25, 0.3) is 0 Å². The summed E-state index contributed by atoms with van der Waals surface area (Å²) < 4.78 is 59.5. The Kier molecular flexibility index (Phi) is 18.2. The van der Waals surface area contributed by atoms with Gasteiger partial charge in [0.15, 0.2) is 25.2 Å². The summed E-state index contributed by atoms with van der Waals surface area (Å²) in [5.41, 5.74) is -4.20. The largest absolute Gasteiger partial charge is 0.432 e. The van der Waals surface area contributed by atoms with Gasteiger partial charge in [-0.3, -0.25) is 9.59 Å². The van der Waals surface area contributed by atoms with Gasteiger partial charge >= 0.3 is 5.97 Å². The molecule has 5 aliphatic carbocycles. The van der Waals surface area contributed by atoms with Crippen molar-refractivity contribution in [2.24, 2.45) is 50.2 Å². The first kappa shape index (κ1) is 64.8. The van der Waals surface area contributed by atoms with Gasteiger partial charge in [-0.1, -0.05) is 60.1 Å². The first-order valence-corrected chi connectivity index (χ1v) is 30.0. The highest BCUT2D eigenvalue weighted by Gasteiger charge is 2.72. The molecule has 26 nitrogen and oxygen atoms in total. The van der Waals surface area contributed by atoms with Crippen molar-refractivity contribution in [1.29, 1.82) is 0 Å². The molecule has 9 fully saturated rings. The highest BCUT2D eigenvalue weighted by molar-refractivity contribution is 5.80. The molecule has 0 aromatic heterocycles. The number of rotatable bonds is 13. The summed E-state index contributed by atoms with van der Waals surface area (Å²) in [5, 5.41) is 144. The normalized spacial score (nSPS) is 52.6. The molecule has 84 heavy (non-hydrogen) atoms. The van der Waals surface area contributed by atoms with Crippen LogP contribution in [-0.4, -0.2) is 253 Å². The van der Waals surface area contributed by atoms with E-state index in [9.17, 15) is 76.0 Å². The summed E-state index contributed by atoms with van der Waals surface area (Å²) in [5.74, 6) is -1.43. The van der Waals surface area contributed by atoms with E-state index in [0.717, 1.165) is 18.4 Å². The van der Waals surface area contributed by atoms with E-state index in [1.807, 2.05) is 0 Å². The minimum absolute atomic E-state index is 0.0653. The van der Waals surface area contributed by atoms with Gasteiger partial charge in [0.1, 0.15) is 96.4 Å². The number of aliphatic hydroxyl groups is 13. The zero-order chi connectivity index (χ0) is 61.2. The maximum atomic E-state index is 14.7. The van der Waals surface area contributed by atoms with Crippen molar-refractivity contribution in [1.82, 2.24) is 5.32 Å². The Balaban J connectivity index is 0.850. The number of amides is 1. The summed E-state index contributed by atoms with van der Waals surface area (Å²) in [7, 11) is 0. The summed E-state index contributed by atoms with van der Waals surface area (Å²) in [6.45, 7) is 13.7. The van der Waals surface area contributed by atoms with E-state index in [1.165, 1.54) is 6.92 Å². The lowest BCUT2D eigenvalue weighted by Gasteiger charge is -2.71. The van der Waals surface area contributed by atoms with Gasteiger partial charge in [-0.15, -0.1) is 0 Å². The van der Waals surface area contributed by atoms with E-state index in [2.05, 4.69) is 59.9 Å². The molecule has 0 aromatic rings. The quantitative estimate of drug-likeness (QED) is 0.0513. The molecule has 480 valence electrons. The van der Waals surface area contributed by atoms with Gasteiger partial charge in [-0.2, -0.15) is 0 Å². The molecule has 4 saturated carbocycles. The second-order valence-electron chi connectivity index (χ2n) is 28.3. The predicted molar refractivity (Wildman–Crippen MR) is 284 cm³/mol. The number of ether oxygens (including phenoxy) is 10. The lowest BCUT2D eigenvalue weighted by atomic mass is 9.33. The number of esters is 1. The maximum Gasteiger partial charge on any atom is 0.317 e. The van der Waals surface area contributed by atoms with E-state index >= 15 is 0 Å². The second-order valence-corrected chi connectivity index (χ2v) is 28.3. The van der Waals surface area contributed by atoms with E-state index in [1.54, 1.807) is 0 Å². The van der Waals surface area contributed by atoms with Gasteiger partial charge in [0.05, 0.1) is 51.8 Å². The molecule has 14 N–H and O–H groups in total. The molecule has 1 amide bonds. The topological polar surface area (TPSA) is 401 Å². The predicted octanol–water partition coefficient (Wildman–Crippen LogP) is -2.54. The van der Waals surface area contributed by atoms with Gasteiger partial charge < -0.3 is 119 Å². The Hall–Kier alpha value is -2.20. The van der Waals surface area contributed by atoms with Crippen LogP contribution in [0.5, 0.6) is 0 Å². The van der Waals surface area contributed by atoms with Crippen LogP contribution in [0, 0.1) is 50.2 Å². The second kappa shape index (κ2) is 23.6. The fourth-order valence-electron chi connectivity index (χ4n) is 17.3. The monoisotopic (exact) mass is 1200 g/mol. The molecule has 15 unspecified atom stereocenters. The summed E-state index contributed by atoms with van der Waals surface area (Å²) in [4.78, 5) is 27.5. The molecule has 0 radical (unpaired) electrons. The van der Waals surface area contributed by atoms with Crippen molar-refractivity contribution in [3.63, 3.8) is 0 Å². The molecule has 5 saturated heterocycles. The Morgan fingerprint density at radius 3 is 1.98 bits per heavy atom. The van der Waals surface area contributed by atoms with Crippen LogP contribution >= 0.6 is 0 Å². The molecule has 10 rings (SSSR count). The molecule has 29 atom stereocenters. The Bertz CT molecular complexity index is 2400. The SMILES string of the molecule is CC(=O)N[C@H]1[C@H](O[C@H]2CC[C@@]3(C)C(CC[C@]4(C)C3CC=C3[C@@H]5CC(C)(C)CC[C@]5(C(=O)OC5OCC(O)C(O)C5O)C(O)C[C@]34C)C2(C)C)O[C@H](COC2OCC(O[C@H]3OC[C@](O)(CO)[C@H]3O)C(OC3OCC(O)C(O)C3O)C2O)[C@@H](O)[C@@H]1O. The van der Waals surface area contributed by atoms with Crippen LogP contribution in [0.2, 0.25) is 0 Å². The van der Waals surface area contributed by atoms with Crippen LogP contribution in [0.4, 0.5) is 0 Å². The van der Waals surface area contributed by atoms with Crippen LogP contribution in [0.3, 0.4) is 0 Å². The van der Waals surface area contributed by atoms with E-state index in [4.69, 9.17) is 47.4 Å². The summed E-state index contributed by atoms with van der Waals surface area (Å²) in [6.07, 6.45) is -22.3. The van der Waals surface area contributed by atoms with Crippen LogP contribution < -0.4 is 5.32 Å². The average molecular weight is 1200 g/mol. The van der Waals surface area contributed by atoms with Gasteiger partial charge in [-0.25, -0.2) is 0 Å². The van der Waals surface area contributed by atoms with E-state index in [-0.39, 0.29) is 41.1 Å². The fourth-order valence-corrected chi connectivity index (χ4v) is 17.3. The first-order chi connectivity index (χ1) is 39.3. The number of fused-ring (bicyclic) bond motifs is 7. The van der Waals surface area contributed by atoms with Crippen molar-refractivity contribution >= 4 is 11.9 Å². The smallest absolute Gasteiger partial charge is 0.317 e. The first-order valence-electron chi connectivity index (χ1n) is 30.0. The Morgan fingerprint density at radius 2 is 1.32 bits per heavy atom. The van der Waals surface area contributed by atoms with Crippen LogP contribution in [0.1, 0.15) is 113 Å². The molecule has 0 bridgehead atoms. The number of carbonyl (C=O) groups is 2. The molecule has 26 heteroatoms. The van der Waals surface area contributed by atoms with Crippen molar-refractivity contribution in [2.45, 2.75) is 248 Å². The summed E-state index contributed by atoms with van der Waals surface area (Å²) in [6, 6.07) is -1.25.